The van der Waals surface area contributed by atoms with Gasteiger partial charge in [-0.2, -0.15) is 4.37 Å². The van der Waals surface area contributed by atoms with Crippen molar-refractivity contribution in [2.75, 3.05) is 10.6 Å². The number of carbonyl (C=O) groups excluding carboxylic acids is 3. The molecule has 178 valence electrons. The van der Waals surface area contributed by atoms with E-state index in [4.69, 9.17) is 15.9 Å². The standard InChI is InChI=1S/C24H27N5O4S/c1-2-14-9-11-16(12-10-14)29(24(32)21-18(25)19(22(26)30)28-34-21)20(17-8-5-13-33-17)23(31)27-15-6-3-4-7-15/h5,8-13,15,20H,2-4,6-7,25H2,1H3,(H2,26,30)(H,27,31)/t20-/m1/s1. The van der Waals surface area contributed by atoms with Gasteiger partial charge in [0, 0.05) is 11.7 Å². The third-order valence-electron chi connectivity index (χ3n) is 6.02. The number of nitrogens with two attached hydrogens (primary N) is 2. The number of benzene rings is 1. The predicted molar refractivity (Wildman–Crippen MR) is 130 cm³/mol. The molecule has 1 aromatic carbocycles. The van der Waals surface area contributed by atoms with Crippen molar-refractivity contribution >= 4 is 40.6 Å². The van der Waals surface area contributed by atoms with Gasteiger partial charge in [-0.1, -0.05) is 31.9 Å². The molecule has 1 aliphatic carbocycles. The topological polar surface area (TPSA) is 145 Å². The lowest BCUT2D eigenvalue weighted by atomic mass is 10.1. The summed E-state index contributed by atoms with van der Waals surface area (Å²) in [5.74, 6) is -1.45. The molecular formula is C24H27N5O4S. The third kappa shape index (κ3) is 4.67. The van der Waals surface area contributed by atoms with Gasteiger partial charge in [0.15, 0.2) is 11.7 Å². The maximum absolute atomic E-state index is 13.9. The van der Waals surface area contributed by atoms with E-state index in [1.807, 2.05) is 19.1 Å². The Morgan fingerprint density at radius 3 is 2.47 bits per heavy atom. The summed E-state index contributed by atoms with van der Waals surface area (Å²) >= 11 is 0.773. The summed E-state index contributed by atoms with van der Waals surface area (Å²) in [6.07, 6.45) is 6.15. The summed E-state index contributed by atoms with van der Waals surface area (Å²) in [7, 11) is 0. The number of aryl methyl sites for hydroxylation is 1. The second-order valence-electron chi connectivity index (χ2n) is 8.24. The van der Waals surface area contributed by atoms with Gasteiger partial charge in [0.05, 0.1) is 12.0 Å². The number of hydrogen-bond acceptors (Lipinski definition) is 7. The Bertz CT molecular complexity index is 1170. The van der Waals surface area contributed by atoms with E-state index in [1.54, 1.807) is 24.3 Å². The van der Waals surface area contributed by atoms with Crippen LogP contribution >= 0.6 is 11.5 Å². The van der Waals surface area contributed by atoms with Gasteiger partial charge in [-0.15, -0.1) is 0 Å². The zero-order valence-corrected chi connectivity index (χ0v) is 19.6. The van der Waals surface area contributed by atoms with Crippen molar-refractivity contribution in [3.63, 3.8) is 0 Å². The minimum absolute atomic E-state index is 0.0265. The van der Waals surface area contributed by atoms with Crippen LogP contribution in [0.1, 0.15) is 70.1 Å². The number of nitrogen functional groups attached to an aromatic ring is 1. The molecule has 3 aromatic rings. The van der Waals surface area contributed by atoms with Crippen molar-refractivity contribution in [2.45, 2.75) is 51.1 Å². The lowest BCUT2D eigenvalue weighted by Gasteiger charge is -2.30. The monoisotopic (exact) mass is 481 g/mol. The average Bonchev–Trinajstić information content (AvgIpc) is 3.59. The van der Waals surface area contributed by atoms with Crippen LogP contribution in [0.3, 0.4) is 0 Å². The Balaban J connectivity index is 1.80. The Morgan fingerprint density at radius 1 is 1.21 bits per heavy atom. The van der Waals surface area contributed by atoms with Gasteiger partial charge >= 0.3 is 0 Å². The van der Waals surface area contributed by atoms with Gasteiger partial charge in [-0.05, 0) is 60.6 Å². The number of nitrogens with one attached hydrogen (secondary N) is 1. The quantitative estimate of drug-likeness (QED) is 0.449. The molecule has 10 heteroatoms. The SMILES string of the molecule is CCc1ccc(N(C(=O)c2snc(C(N)=O)c2N)[C@@H](C(=O)NC2CCCC2)c2ccco2)cc1. The van der Waals surface area contributed by atoms with Crippen LogP contribution in [-0.2, 0) is 11.2 Å². The average molecular weight is 482 g/mol. The molecule has 1 aliphatic rings. The van der Waals surface area contributed by atoms with Gasteiger partial charge in [-0.3, -0.25) is 19.3 Å². The van der Waals surface area contributed by atoms with Crippen LogP contribution < -0.4 is 21.7 Å². The van der Waals surface area contributed by atoms with Crippen LogP contribution in [0.15, 0.2) is 47.1 Å². The lowest BCUT2D eigenvalue weighted by molar-refractivity contribution is -0.123. The van der Waals surface area contributed by atoms with Gasteiger partial charge in [0.25, 0.3) is 17.7 Å². The summed E-state index contributed by atoms with van der Waals surface area (Å²) < 4.78 is 9.58. The van der Waals surface area contributed by atoms with Crippen molar-refractivity contribution in [3.05, 3.63) is 64.6 Å². The molecule has 1 fully saturated rings. The number of furan rings is 1. The first kappa shape index (κ1) is 23.5. The van der Waals surface area contributed by atoms with Gasteiger partial charge in [0.1, 0.15) is 10.6 Å². The van der Waals surface area contributed by atoms with Crippen LogP contribution in [0.5, 0.6) is 0 Å². The highest BCUT2D eigenvalue weighted by atomic mass is 32.1. The minimum atomic E-state index is -1.09. The summed E-state index contributed by atoms with van der Waals surface area (Å²) in [6, 6.07) is 9.63. The van der Waals surface area contributed by atoms with Gasteiger partial charge in [0.2, 0.25) is 0 Å². The first-order chi connectivity index (χ1) is 16.4. The molecule has 3 amide bonds. The van der Waals surface area contributed by atoms with Crippen molar-refractivity contribution in [2.24, 2.45) is 5.73 Å². The Hall–Kier alpha value is -3.66. The van der Waals surface area contributed by atoms with E-state index in [0.29, 0.717) is 11.4 Å². The molecule has 0 spiro atoms. The van der Waals surface area contributed by atoms with Crippen molar-refractivity contribution in [3.8, 4) is 0 Å². The highest BCUT2D eigenvalue weighted by Gasteiger charge is 2.38. The molecule has 0 saturated heterocycles. The second kappa shape index (κ2) is 10.1. The van der Waals surface area contributed by atoms with E-state index >= 15 is 0 Å². The van der Waals surface area contributed by atoms with E-state index in [2.05, 4.69) is 9.69 Å². The summed E-state index contributed by atoms with van der Waals surface area (Å²) in [5, 5.41) is 3.07. The van der Waals surface area contributed by atoms with Crippen LogP contribution in [0.25, 0.3) is 0 Å². The number of anilines is 2. The number of amides is 3. The molecule has 0 radical (unpaired) electrons. The number of nitrogens with zero attached hydrogens (tertiary/aromatic N) is 2. The van der Waals surface area contributed by atoms with Crippen LogP contribution in [0.4, 0.5) is 11.4 Å². The highest BCUT2D eigenvalue weighted by molar-refractivity contribution is 7.09. The maximum Gasteiger partial charge on any atom is 0.273 e. The molecule has 1 saturated carbocycles. The van der Waals surface area contributed by atoms with Crippen LogP contribution in [-0.4, -0.2) is 28.1 Å². The lowest BCUT2D eigenvalue weighted by Crippen LogP contribution is -2.46. The molecule has 0 aliphatic heterocycles. The highest BCUT2D eigenvalue weighted by Crippen LogP contribution is 2.34. The number of rotatable bonds is 8. The van der Waals surface area contributed by atoms with E-state index < -0.39 is 17.9 Å². The fourth-order valence-corrected chi connectivity index (χ4v) is 4.93. The van der Waals surface area contributed by atoms with Crippen molar-refractivity contribution in [1.29, 1.82) is 0 Å². The molecule has 34 heavy (non-hydrogen) atoms. The van der Waals surface area contributed by atoms with Gasteiger partial charge in [-0.25, -0.2) is 0 Å². The number of primary amides is 1. The predicted octanol–water partition coefficient (Wildman–Crippen LogP) is 3.43. The second-order valence-corrected chi connectivity index (χ2v) is 9.01. The molecule has 2 aromatic heterocycles. The molecule has 2 heterocycles. The van der Waals surface area contributed by atoms with Crippen LogP contribution in [0, 0.1) is 0 Å². The number of carbonyl (C=O) groups is 3. The third-order valence-corrected chi connectivity index (χ3v) is 6.87. The van der Waals surface area contributed by atoms with Crippen LogP contribution in [0.2, 0.25) is 0 Å². The zero-order valence-electron chi connectivity index (χ0n) is 18.8. The Morgan fingerprint density at radius 2 is 1.91 bits per heavy atom. The fourth-order valence-electron chi connectivity index (χ4n) is 4.19. The van der Waals surface area contributed by atoms with E-state index in [-0.39, 0.29) is 28.2 Å². The molecular weight excluding hydrogens is 454 g/mol. The summed E-state index contributed by atoms with van der Waals surface area (Å²) in [5.41, 5.74) is 12.7. The van der Waals surface area contributed by atoms with Crippen molar-refractivity contribution < 1.29 is 18.8 Å². The molecule has 4 rings (SSSR count). The Kier molecular flexibility index (Phi) is 6.97. The van der Waals surface area contributed by atoms with Crippen molar-refractivity contribution in [1.82, 2.24) is 9.69 Å². The minimum Gasteiger partial charge on any atom is -0.467 e. The van der Waals surface area contributed by atoms with E-state index in [0.717, 1.165) is 49.2 Å². The molecule has 0 bridgehead atoms. The zero-order chi connectivity index (χ0) is 24.2. The largest absolute Gasteiger partial charge is 0.467 e. The van der Waals surface area contributed by atoms with Gasteiger partial charge < -0.3 is 21.2 Å². The summed E-state index contributed by atoms with van der Waals surface area (Å²) in [6.45, 7) is 2.03. The Labute approximate surface area is 201 Å². The smallest absolute Gasteiger partial charge is 0.273 e. The fraction of sp³-hybridized carbons (Fsp3) is 0.333. The number of hydrogen-bond donors (Lipinski definition) is 3. The molecule has 5 N–H and O–H groups in total. The van der Waals surface area contributed by atoms with E-state index in [1.165, 1.54) is 11.2 Å². The maximum atomic E-state index is 13.9. The van der Waals surface area contributed by atoms with E-state index in [9.17, 15) is 14.4 Å². The summed E-state index contributed by atoms with van der Waals surface area (Å²) in [4.78, 5) is 40.5. The first-order valence-electron chi connectivity index (χ1n) is 11.2. The first-order valence-corrected chi connectivity index (χ1v) is 12.0. The normalized spacial score (nSPS) is 14.6. The number of aromatic nitrogens is 1. The molecule has 9 nitrogen and oxygen atoms in total. The molecule has 0 unspecified atom stereocenters. The molecule has 1 atom stereocenters.